The van der Waals surface area contributed by atoms with Gasteiger partial charge in [-0.1, -0.05) is 12.1 Å². The van der Waals surface area contributed by atoms with Crippen molar-refractivity contribution in [3.8, 4) is 17.4 Å². The van der Waals surface area contributed by atoms with E-state index in [1.54, 1.807) is 6.07 Å². The van der Waals surface area contributed by atoms with Gasteiger partial charge in [0.05, 0.1) is 24.0 Å². The summed E-state index contributed by atoms with van der Waals surface area (Å²) in [4.78, 5) is 22.6. The average Bonchev–Trinajstić information content (AvgIpc) is 2.93. The van der Waals surface area contributed by atoms with Crippen molar-refractivity contribution in [2.45, 2.75) is 25.1 Å². The minimum Gasteiger partial charge on any atom is -0.495 e. The molecule has 3 aromatic rings. The number of likely N-dealkylation sites (tertiary alicyclic amines) is 1. The summed E-state index contributed by atoms with van der Waals surface area (Å²) >= 11 is 0. The van der Waals surface area contributed by atoms with Crippen LogP contribution in [-0.4, -0.2) is 77.4 Å². The van der Waals surface area contributed by atoms with E-state index >= 15 is 4.39 Å². The molecule has 1 saturated heterocycles. The molecule has 2 heterocycles. The lowest BCUT2D eigenvalue weighted by Gasteiger charge is -2.29. The number of hydrogen-bond acceptors (Lipinski definition) is 8. The molecule has 15 heteroatoms. The molecule has 4 rings (SSSR count). The molecule has 0 spiro atoms. The van der Waals surface area contributed by atoms with Crippen LogP contribution in [0.5, 0.6) is 17.4 Å². The van der Waals surface area contributed by atoms with Gasteiger partial charge in [-0.25, -0.2) is 13.6 Å². The molecule has 1 aromatic heterocycles. The highest BCUT2D eigenvalue weighted by Crippen LogP contribution is 2.40. The first-order valence-corrected chi connectivity index (χ1v) is 15.2. The number of nitrogens with zero attached hydrogens (tertiary/aromatic N) is 4. The maximum atomic E-state index is 15.1. The molecule has 1 aliphatic heterocycles. The second kappa shape index (κ2) is 12.6. The first-order chi connectivity index (χ1) is 20.2. The highest BCUT2D eigenvalue weighted by molar-refractivity contribution is 8.00. The number of para-hydroxylation sites is 2. The number of carbonyl (C=O) groups is 1. The number of rotatable bonds is 9. The predicted molar refractivity (Wildman–Crippen MR) is 157 cm³/mol. The molecule has 1 aliphatic rings. The van der Waals surface area contributed by atoms with Crippen molar-refractivity contribution in [2.75, 3.05) is 50.2 Å². The van der Waals surface area contributed by atoms with Crippen molar-refractivity contribution in [2.24, 2.45) is 0 Å². The number of hydrogen-bond donors (Lipinski definition) is 2. The van der Waals surface area contributed by atoms with E-state index in [4.69, 9.17) is 9.47 Å². The lowest BCUT2D eigenvalue weighted by molar-refractivity contribution is -0.139. The van der Waals surface area contributed by atoms with Gasteiger partial charge in [0.15, 0.2) is 5.75 Å². The van der Waals surface area contributed by atoms with Crippen molar-refractivity contribution in [3.63, 3.8) is 0 Å². The molecule has 1 amide bonds. The minimum absolute atomic E-state index is 0.0287. The first kappa shape index (κ1) is 31.8. The fourth-order valence-electron chi connectivity index (χ4n) is 4.34. The quantitative estimate of drug-likeness (QED) is 0.261. The summed E-state index contributed by atoms with van der Waals surface area (Å²) in [6.45, 7) is 1.60. The maximum Gasteiger partial charge on any atom is 0.423 e. The third-order valence-electron chi connectivity index (χ3n) is 6.88. The number of alkyl halides is 3. The molecule has 1 fully saturated rings. The van der Waals surface area contributed by atoms with Crippen molar-refractivity contribution < 1.29 is 36.0 Å². The Bertz CT molecular complexity index is 1590. The van der Waals surface area contributed by atoms with Gasteiger partial charge in [0.1, 0.15) is 17.1 Å². The Kier molecular flexibility index (Phi) is 9.35. The Labute approximate surface area is 247 Å². The SMILES string of the molecule is C=S(C)(=O)N(C)c1ccccc1Oc1nc(Nc2cc(F)c(C(=O)NC3CCN(C)CC3)cc2OC)ncc1C(F)(F)F. The number of piperidine rings is 1. The molecule has 232 valence electrons. The summed E-state index contributed by atoms with van der Waals surface area (Å²) in [5.74, 6) is 0.840. The summed E-state index contributed by atoms with van der Waals surface area (Å²) in [6.07, 6.45) is -1.54. The van der Waals surface area contributed by atoms with Gasteiger partial charge in [0.2, 0.25) is 11.8 Å². The summed E-state index contributed by atoms with van der Waals surface area (Å²) in [5.41, 5.74) is -1.35. The molecule has 43 heavy (non-hydrogen) atoms. The first-order valence-electron chi connectivity index (χ1n) is 13.1. The lowest BCUT2D eigenvalue weighted by Crippen LogP contribution is -2.43. The molecule has 10 nitrogen and oxygen atoms in total. The fourth-order valence-corrected chi connectivity index (χ4v) is 4.91. The van der Waals surface area contributed by atoms with E-state index in [-0.39, 0.29) is 40.4 Å². The molecule has 1 atom stereocenters. The van der Waals surface area contributed by atoms with Crippen LogP contribution < -0.4 is 24.4 Å². The van der Waals surface area contributed by atoms with Crippen molar-refractivity contribution in [3.05, 3.63) is 59.5 Å². The van der Waals surface area contributed by atoms with Crippen LogP contribution in [0.4, 0.5) is 34.9 Å². The Morgan fingerprint density at radius 1 is 1.19 bits per heavy atom. The van der Waals surface area contributed by atoms with Gasteiger partial charge in [-0.15, -0.1) is 0 Å². The Hall–Kier alpha value is -4.11. The van der Waals surface area contributed by atoms with Crippen LogP contribution in [0, 0.1) is 5.82 Å². The van der Waals surface area contributed by atoms with E-state index in [1.807, 2.05) is 7.05 Å². The summed E-state index contributed by atoms with van der Waals surface area (Å²) in [5, 5.41) is 5.48. The molecule has 2 aromatic carbocycles. The van der Waals surface area contributed by atoms with E-state index in [0.717, 1.165) is 32.0 Å². The van der Waals surface area contributed by atoms with Crippen LogP contribution in [0.25, 0.3) is 0 Å². The zero-order valence-corrected chi connectivity index (χ0v) is 24.8. The van der Waals surface area contributed by atoms with E-state index in [1.165, 1.54) is 49.0 Å². The van der Waals surface area contributed by atoms with E-state index in [0.29, 0.717) is 6.20 Å². The van der Waals surface area contributed by atoms with Crippen LogP contribution in [0.2, 0.25) is 0 Å². The van der Waals surface area contributed by atoms with Gasteiger partial charge >= 0.3 is 6.18 Å². The van der Waals surface area contributed by atoms with Gasteiger partial charge in [-0.05, 0) is 57.0 Å². The van der Waals surface area contributed by atoms with Crippen LogP contribution >= 0.6 is 0 Å². The maximum absolute atomic E-state index is 15.1. The second-order valence-electron chi connectivity index (χ2n) is 10.1. The van der Waals surface area contributed by atoms with E-state index in [2.05, 4.69) is 31.4 Å². The number of carbonyl (C=O) groups excluding carboxylic acids is 1. The van der Waals surface area contributed by atoms with Gasteiger partial charge in [0.25, 0.3) is 5.91 Å². The highest BCUT2D eigenvalue weighted by atomic mass is 32.2. The smallest absolute Gasteiger partial charge is 0.423 e. The topological polar surface area (TPSA) is 109 Å². The Morgan fingerprint density at radius 3 is 2.49 bits per heavy atom. The number of methoxy groups -OCH3 is 1. The standard InChI is InChI=1S/C28H32F4N6O4S/c1-37-12-10-17(11-13-37)34-25(39)18-14-24(41-3)21(15-20(18)29)35-27-33-16-19(28(30,31)32)26(36-27)42-23-9-7-6-8-22(23)38(2)43(4,5)40/h6-9,14-17H,4,10-13H2,1-3,5H3,(H,34,39)(H,33,35,36). The summed E-state index contributed by atoms with van der Waals surface area (Å²) < 4.78 is 81.5. The number of anilines is 3. The lowest BCUT2D eigenvalue weighted by atomic mass is 10.0. The molecular weight excluding hydrogens is 592 g/mol. The third-order valence-corrected chi connectivity index (χ3v) is 8.24. The fraction of sp³-hybridized carbons (Fsp3) is 0.357. The normalized spacial score (nSPS) is 15.8. The zero-order chi connectivity index (χ0) is 31.5. The molecule has 0 saturated carbocycles. The summed E-state index contributed by atoms with van der Waals surface area (Å²) in [7, 11) is 1.96. The summed E-state index contributed by atoms with van der Waals surface area (Å²) in [6, 6.07) is 8.08. The Morgan fingerprint density at radius 2 is 1.86 bits per heavy atom. The van der Waals surface area contributed by atoms with Gasteiger partial charge in [-0.3, -0.25) is 9.10 Å². The highest BCUT2D eigenvalue weighted by Gasteiger charge is 2.37. The number of aromatic nitrogens is 2. The second-order valence-corrected chi connectivity index (χ2v) is 12.6. The zero-order valence-electron chi connectivity index (χ0n) is 24.0. The van der Waals surface area contributed by atoms with Gasteiger partial charge in [-0.2, -0.15) is 18.2 Å². The van der Waals surface area contributed by atoms with Crippen molar-refractivity contribution >= 4 is 38.8 Å². The van der Waals surface area contributed by atoms with E-state index in [9.17, 15) is 22.2 Å². The van der Waals surface area contributed by atoms with Crippen molar-refractivity contribution in [1.82, 2.24) is 20.2 Å². The minimum atomic E-state index is -4.88. The van der Waals surface area contributed by atoms with Crippen molar-refractivity contribution in [1.29, 1.82) is 0 Å². The van der Waals surface area contributed by atoms with Crippen LogP contribution in [0.1, 0.15) is 28.8 Å². The molecule has 1 unspecified atom stereocenters. The molecule has 0 bridgehead atoms. The van der Waals surface area contributed by atoms with Crippen LogP contribution in [-0.2, 0) is 15.9 Å². The van der Waals surface area contributed by atoms with Crippen LogP contribution in [0.3, 0.4) is 0 Å². The largest absolute Gasteiger partial charge is 0.495 e. The Balaban J connectivity index is 1.64. The number of halogens is 4. The van der Waals surface area contributed by atoms with Gasteiger partial charge < -0.3 is 25.0 Å². The molecular formula is C28H32F4N6O4S. The third kappa shape index (κ3) is 7.65. The molecule has 2 N–H and O–H groups in total. The monoisotopic (exact) mass is 624 g/mol. The molecule has 0 radical (unpaired) electrons. The number of nitrogens with one attached hydrogen (secondary N) is 2. The predicted octanol–water partition coefficient (Wildman–Crippen LogP) is 4.70. The van der Waals surface area contributed by atoms with E-state index < -0.39 is 39.1 Å². The van der Waals surface area contributed by atoms with Gasteiger partial charge in [0, 0.05) is 41.3 Å². The number of ether oxygens (including phenoxy) is 2. The number of amides is 1. The average molecular weight is 625 g/mol. The van der Waals surface area contributed by atoms with Crippen LogP contribution in [0.15, 0.2) is 42.6 Å². The number of benzene rings is 2. The molecule has 0 aliphatic carbocycles.